The van der Waals surface area contributed by atoms with E-state index in [2.05, 4.69) is 15.3 Å². The number of ketones is 1. The predicted molar refractivity (Wildman–Crippen MR) is 120 cm³/mol. The average Bonchev–Trinajstić information content (AvgIpc) is 3.48. The first kappa shape index (κ1) is 22.9. The van der Waals surface area contributed by atoms with Crippen LogP contribution in [-0.4, -0.2) is 36.8 Å². The highest BCUT2D eigenvalue weighted by Gasteiger charge is 2.28. The topological polar surface area (TPSA) is 137 Å². The molecule has 1 aliphatic carbocycles. The summed E-state index contributed by atoms with van der Waals surface area (Å²) < 4.78 is 32.1. The van der Waals surface area contributed by atoms with Crippen molar-refractivity contribution in [2.24, 2.45) is 11.1 Å². The Morgan fingerprint density at radius 2 is 2.22 bits per heavy atom. The van der Waals surface area contributed by atoms with Crippen LogP contribution in [0.25, 0.3) is 0 Å². The van der Waals surface area contributed by atoms with Crippen LogP contribution in [0.3, 0.4) is 0 Å². The Hall–Kier alpha value is -2.31. The minimum Gasteiger partial charge on any atom is -0.449 e. The van der Waals surface area contributed by atoms with E-state index in [9.17, 15) is 13.2 Å². The van der Waals surface area contributed by atoms with E-state index >= 15 is 0 Å². The van der Waals surface area contributed by atoms with Crippen LogP contribution in [0.2, 0.25) is 5.22 Å². The second kappa shape index (κ2) is 9.67. The quantitative estimate of drug-likeness (QED) is 0.430. The van der Waals surface area contributed by atoms with Gasteiger partial charge in [-0.25, -0.2) is 15.1 Å². The Morgan fingerprint density at radius 1 is 1.38 bits per heavy atom. The van der Waals surface area contributed by atoms with Gasteiger partial charge in [-0.1, -0.05) is 0 Å². The summed E-state index contributed by atoms with van der Waals surface area (Å²) in [5.74, 6) is 1.06. The fourth-order valence-corrected chi connectivity index (χ4v) is 5.13. The molecule has 2 atom stereocenters. The molecule has 170 valence electrons. The van der Waals surface area contributed by atoms with Crippen molar-refractivity contribution in [1.82, 2.24) is 9.97 Å². The average molecular weight is 497 g/mol. The Labute approximate surface area is 194 Å². The van der Waals surface area contributed by atoms with Crippen LogP contribution >= 0.6 is 22.9 Å². The number of nitrogens with two attached hydrogens (primary N) is 1. The van der Waals surface area contributed by atoms with Crippen LogP contribution in [0.15, 0.2) is 40.5 Å². The third kappa shape index (κ3) is 5.93. The largest absolute Gasteiger partial charge is 0.449 e. The maximum absolute atomic E-state index is 13.1. The predicted octanol–water partition coefficient (Wildman–Crippen LogP) is 3.41. The van der Waals surface area contributed by atoms with Gasteiger partial charge in [0.05, 0.1) is 17.0 Å². The molecule has 1 fully saturated rings. The summed E-state index contributed by atoms with van der Waals surface area (Å²) in [6.45, 7) is 0.0471. The molecule has 0 aliphatic heterocycles. The van der Waals surface area contributed by atoms with Gasteiger partial charge in [-0.15, -0.1) is 11.3 Å². The molecule has 0 amide bonds. The smallest absolute Gasteiger partial charge is 0.333 e. The van der Waals surface area contributed by atoms with Crippen molar-refractivity contribution in [2.75, 3.05) is 11.9 Å². The molecule has 0 bridgehead atoms. The van der Waals surface area contributed by atoms with E-state index in [1.54, 1.807) is 12.1 Å². The lowest BCUT2D eigenvalue weighted by atomic mass is 10.1. The van der Waals surface area contributed by atoms with Gasteiger partial charge >= 0.3 is 10.3 Å². The molecule has 32 heavy (non-hydrogen) atoms. The lowest BCUT2D eigenvalue weighted by molar-refractivity contribution is 0.104. The third-order valence-corrected chi connectivity index (χ3v) is 6.84. The number of furan rings is 1. The van der Waals surface area contributed by atoms with Gasteiger partial charge in [0.1, 0.15) is 17.9 Å². The van der Waals surface area contributed by atoms with Crippen molar-refractivity contribution in [1.29, 1.82) is 0 Å². The van der Waals surface area contributed by atoms with Crippen LogP contribution < -0.4 is 10.5 Å². The number of nitrogens with zero attached hydrogens (tertiary/aromatic N) is 2. The normalized spacial score (nSPS) is 18.7. The number of nitrogens with one attached hydrogen (secondary N) is 1. The van der Waals surface area contributed by atoms with E-state index in [1.807, 2.05) is 11.4 Å². The number of hydrogen-bond acceptors (Lipinski definition) is 9. The molecule has 3 aromatic heterocycles. The van der Waals surface area contributed by atoms with Crippen molar-refractivity contribution in [3.8, 4) is 0 Å². The van der Waals surface area contributed by atoms with E-state index in [4.69, 9.17) is 25.3 Å². The molecular formula is C20H21ClN4O5S2. The maximum Gasteiger partial charge on any atom is 0.333 e. The number of halogens is 1. The first-order chi connectivity index (χ1) is 15.3. The van der Waals surface area contributed by atoms with Crippen LogP contribution in [0.5, 0.6) is 0 Å². The number of thiophene rings is 1. The van der Waals surface area contributed by atoms with Crippen molar-refractivity contribution in [2.45, 2.75) is 31.7 Å². The molecule has 0 aromatic carbocycles. The summed E-state index contributed by atoms with van der Waals surface area (Å²) in [6.07, 6.45) is 5.69. The number of carbonyl (C=O) groups excluding carboxylic acids is 1. The fourth-order valence-electron chi connectivity index (χ4n) is 3.72. The van der Waals surface area contributed by atoms with Crippen LogP contribution in [-0.2, 0) is 20.9 Å². The number of carbonyl (C=O) groups is 1. The molecular weight excluding hydrogens is 476 g/mol. The first-order valence-corrected chi connectivity index (χ1v) is 12.6. The number of aromatic nitrogens is 2. The summed E-state index contributed by atoms with van der Waals surface area (Å²) in [4.78, 5) is 22.0. The van der Waals surface area contributed by atoms with E-state index in [-0.39, 0.29) is 24.3 Å². The molecule has 0 unspecified atom stereocenters. The molecule has 1 aliphatic rings. The standard InChI is InChI=1S/C20H21ClN4O5S2/c21-18-4-3-15(30-18)6-13-7-17(31-10-13)19(26)16-8-23-11-24-20(16)25-14-2-1-12(5-14)9-29-32(22,27)28/h3-4,7-8,10-12,14H,1-2,5-6,9H2,(H2,22,27,28)(H,23,24,25)/t12-,14+/m1/s1. The highest BCUT2D eigenvalue weighted by molar-refractivity contribution is 7.84. The zero-order valence-electron chi connectivity index (χ0n) is 16.9. The zero-order chi connectivity index (χ0) is 22.7. The molecule has 9 nitrogen and oxygen atoms in total. The van der Waals surface area contributed by atoms with Crippen molar-refractivity contribution in [3.05, 3.63) is 63.1 Å². The molecule has 1 saturated carbocycles. The highest BCUT2D eigenvalue weighted by Crippen LogP contribution is 2.30. The van der Waals surface area contributed by atoms with Gasteiger partial charge in [0, 0.05) is 18.7 Å². The number of rotatable bonds is 9. The second-order valence-corrected chi connectivity index (χ2v) is 10.1. The molecule has 0 spiro atoms. The minimum absolute atomic E-state index is 0.0353. The van der Waals surface area contributed by atoms with E-state index < -0.39 is 10.3 Å². The Balaban J connectivity index is 1.42. The van der Waals surface area contributed by atoms with Crippen molar-refractivity contribution in [3.63, 3.8) is 0 Å². The lowest BCUT2D eigenvalue weighted by Gasteiger charge is -2.15. The molecule has 12 heteroatoms. The number of anilines is 1. The fraction of sp³-hybridized carbons (Fsp3) is 0.350. The van der Waals surface area contributed by atoms with Crippen LogP contribution in [0.4, 0.5) is 5.82 Å². The summed E-state index contributed by atoms with van der Waals surface area (Å²) in [7, 11) is -3.95. The molecule has 0 saturated heterocycles. The first-order valence-electron chi connectivity index (χ1n) is 9.87. The summed E-state index contributed by atoms with van der Waals surface area (Å²) in [5, 5.41) is 10.4. The molecule has 3 N–H and O–H groups in total. The summed E-state index contributed by atoms with van der Waals surface area (Å²) in [6, 6.07) is 5.35. The SMILES string of the molecule is NS(=O)(=O)OC[C@@H]1CC[C@H](Nc2ncncc2C(=O)c2cc(Cc3ccc(Cl)o3)cs2)C1. The van der Waals surface area contributed by atoms with E-state index in [0.717, 1.165) is 24.2 Å². The van der Waals surface area contributed by atoms with Gasteiger partial charge in [0.15, 0.2) is 5.22 Å². The van der Waals surface area contributed by atoms with E-state index in [0.29, 0.717) is 34.3 Å². The Kier molecular flexibility index (Phi) is 6.91. The van der Waals surface area contributed by atoms with Crippen LogP contribution in [0, 0.1) is 5.92 Å². The molecule has 0 radical (unpaired) electrons. The van der Waals surface area contributed by atoms with Gasteiger partial charge in [-0.2, -0.15) is 8.42 Å². The highest BCUT2D eigenvalue weighted by atomic mass is 35.5. The van der Waals surface area contributed by atoms with Gasteiger partial charge in [0.25, 0.3) is 0 Å². The Morgan fingerprint density at radius 3 is 2.97 bits per heavy atom. The lowest BCUT2D eigenvalue weighted by Crippen LogP contribution is -2.22. The van der Waals surface area contributed by atoms with E-state index in [1.165, 1.54) is 23.9 Å². The third-order valence-electron chi connectivity index (χ3n) is 5.19. The summed E-state index contributed by atoms with van der Waals surface area (Å²) >= 11 is 7.16. The summed E-state index contributed by atoms with van der Waals surface area (Å²) in [5.41, 5.74) is 1.33. The van der Waals surface area contributed by atoms with Gasteiger partial charge in [-0.05, 0) is 65.9 Å². The van der Waals surface area contributed by atoms with Crippen molar-refractivity contribution >= 4 is 44.8 Å². The second-order valence-electron chi connectivity index (χ2n) is 7.61. The minimum atomic E-state index is -3.95. The van der Waals surface area contributed by atoms with Gasteiger partial charge in [-0.3, -0.25) is 8.98 Å². The molecule has 3 heterocycles. The van der Waals surface area contributed by atoms with Crippen LogP contribution in [0.1, 0.15) is 45.8 Å². The maximum atomic E-state index is 13.1. The van der Waals surface area contributed by atoms with Gasteiger partial charge in [0.2, 0.25) is 5.78 Å². The van der Waals surface area contributed by atoms with Gasteiger partial charge < -0.3 is 9.73 Å². The molecule has 3 aromatic rings. The number of hydrogen-bond donors (Lipinski definition) is 2. The Bertz CT molecular complexity index is 1210. The zero-order valence-corrected chi connectivity index (χ0v) is 19.3. The molecule has 4 rings (SSSR count). The van der Waals surface area contributed by atoms with Crippen molar-refractivity contribution < 1.29 is 21.8 Å². The monoisotopic (exact) mass is 496 g/mol.